The van der Waals surface area contributed by atoms with Crippen LogP contribution in [0.15, 0.2) is 24.3 Å². The molecular formula is C19H23FN2O3. The number of likely N-dealkylation sites (tertiary alicyclic amines) is 1. The molecule has 2 saturated heterocycles. The van der Waals surface area contributed by atoms with Crippen LogP contribution < -0.4 is 5.32 Å². The number of halogens is 1. The number of anilines is 1. The third-order valence-electron chi connectivity index (χ3n) is 5.80. The molecule has 134 valence electrons. The van der Waals surface area contributed by atoms with Gasteiger partial charge in [-0.25, -0.2) is 4.39 Å². The van der Waals surface area contributed by atoms with Crippen molar-refractivity contribution in [3.8, 4) is 0 Å². The lowest BCUT2D eigenvalue weighted by Crippen LogP contribution is -2.42. The Kier molecular flexibility index (Phi) is 4.23. The molecule has 1 N–H and O–H groups in total. The van der Waals surface area contributed by atoms with Crippen molar-refractivity contribution in [3.05, 3.63) is 30.1 Å². The maximum atomic E-state index is 13.1. The number of carbonyl (C=O) groups excluding carboxylic acids is 2. The van der Waals surface area contributed by atoms with E-state index in [9.17, 15) is 14.0 Å². The van der Waals surface area contributed by atoms with Crippen LogP contribution in [0.25, 0.3) is 0 Å². The summed E-state index contributed by atoms with van der Waals surface area (Å²) in [5, 5.41) is 2.90. The summed E-state index contributed by atoms with van der Waals surface area (Å²) < 4.78 is 18.6. The third kappa shape index (κ3) is 3.27. The fraction of sp³-hybridized carbons (Fsp3) is 0.579. The number of hydrogen-bond donors (Lipinski definition) is 1. The molecule has 1 spiro atoms. The molecule has 1 unspecified atom stereocenters. The first kappa shape index (κ1) is 16.5. The van der Waals surface area contributed by atoms with Gasteiger partial charge in [0.25, 0.3) is 0 Å². The van der Waals surface area contributed by atoms with Crippen molar-refractivity contribution < 1.29 is 18.7 Å². The lowest BCUT2D eigenvalue weighted by Gasteiger charge is -2.37. The summed E-state index contributed by atoms with van der Waals surface area (Å²) in [7, 11) is 0. The molecule has 2 heterocycles. The number of nitrogens with one attached hydrogen (secondary N) is 1. The van der Waals surface area contributed by atoms with Crippen LogP contribution in [-0.2, 0) is 14.3 Å². The number of carbonyl (C=O) groups is 2. The van der Waals surface area contributed by atoms with E-state index in [1.807, 2.05) is 4.90 Å². The zero-order valence-electron chi connectivity index (χ0n) is 14.2. The van der Waals surface area contributed by atoms with Crippen molar-refractivity contribution in [1.29, 1.82) is 0 Å². The van der Waals surface area contributed by atoms with Crippen molar-refractivity contribution >= 4 is 17.5 Å². The average molecular weight is 346 g/mol. The van der Waals surface area contributed by atoms with E-state index >= 15 is 0 Å². The fourth-order valence-corrected chi connectivity index (χ4v) is 4.13. The van der Waals surface area contributed by atoms with E-state index in [1.165, 1.54) is 12.1 Å². The van der Waals surface area contributed by atoms with Gasteiger partial charge in [0.2, 0.25) is 11.8 Å². The molecule has 1 aromatic carbocycles. The van der Waals surface area contributed by atoms with Gasteiger partial charge in [-0.3, -0.25) is 9.59 Å². The minimum Gasteiger partial charge on any atom is -0.381 e. The summed E-state index contributed by atoms with van der Waals surface area (Å²) in [6.07, 6.45) is 3.53. The third-order valence-corrected chi connectivity index (χ3v) is 5.80. The second-order valence-electron chi connectivity index (χ2n) is 7.52. The predicted molar refractivity (Wildman–Crippen MR) is 90.3 cm³/mol. The lowest BCUT2D eigenvalue weighted by atomic mass is 9.71. The van der Waals surface area contributed by atoms with E-state index in [0.717, 1.165) is 25.7 Å². The quantitative estimate of drug-likeness (QED) is 0.914. The molecule has 25 heavy (non-hydrogen) atoms. The Balaban J connectivity index is 1.52. The van der Waals surface area contributed by atoms with Gasteiger partial charge in [0.05, 0.1) is 5.92 Å². The Morgan fingerprint density at radius 1 is 1.16 bits per heavy atom. The zero-order valence-corrected chi connectivity index (χ0v) is 14.2. The summed E-state index contributed by atoms with van der Waals surface area (Å²) in [5.74, 6) is -0.302. The van der Waals surface area contributed by atoms with Crippen LogP contribution >= 0.6 is 0 Å². The highest BCUT2D eigenvalue weighted by molar-refractivity contribution is 5.94. The molecular weight excluding hydrogens is 323 g/mol. The molecule has 3 aliphatic rings. The van der Waals surface area contributed by atoms with Gasteiger partial charge in [-0.2, -0.15) is 0 Å². The zero-order chi connectivity index (χ0) is 17.4. The normalized spacial score (nSPS) is 25.2. The van der Waals surface area contributed by atoms with E-state index in [4.69, 9.17) is 4.74 Å². The lowest BCUT2D eigenvalue weighted by molar-refractivity contribution is -0.132. The molecule has 1 aliphatic carbocycles. The standard InChI is InChI=1S/C19H23FN2O3/c20-14-3-5-15(6-4-14)21-17(23)16-11-22(18(24)13-1-2-13)12-19(16)7-9-25-10-8-19/h3-6,13,16H,1-2,7-12H2,(H,21,23). The SMILES string of the molecule is O=C(Nc1ccc(F)cc1)C1CN(C(=O)C2CC2)CC12CCOCC2. The first-order chi connectivity index (χ1) is 12.1. The summed E-state index contributed by atoms with van der Waals surface area (Å²) in [5.41, 5.74) is 0.382. The number of ether oxygens (including phenoxy) is 1. The second-order valence-corrected chi connectivity index (χ2v) is 7.52. The summed E-state index contributed by atoms with van der Waals surface area (Å²) in [4.78, 5) is 27.3. The van der Waals surface area contributed by atoms with E-state index in [2.05, 4.69) is 5.32 Å². The van der Waals surface area contributed by atoms with Gasteiger partial charge >= 0.3 is 0 Å². The minimum absolute atomic E-state index is 0.0837. The van der Waals surface area contributed by atoms with Crippen molar-refractivity contribution in [2.45, 2.75) is 25.7 Å². The first-order valence-corrected chi connectivity index (χ1v) is 9.00. The maximum Gasteiger partial charge on any atom is 0.229 e. The van der Waals surface area contributed by atoms with Gasteiger partial charge in [0.15, 0.2) is 0 Å². The first-order valence-electron chi connectivity index (χ1n) is 9.00. The van der Waals surface area contributed by atoms with Crippen LogP contribution in [0.4, 0.5) is 10.1 Å². The van der Waals surface area contributed by atoms with Crippen LogP contribution in [0.5, 0.6) is 0 Å². The van der Waals surface area contributed by atoms with Gasteiger partial charge < -0.3 is 15.0 Å². The van der Waals surface area contributed by atoms with E-state index in [0.29, 0.717) is 32.0 Å². The molecule has 0 radical (unpaired) electrons. The molecule has 5 nitrogen and oxygen atoms in total. The number of rotatable bonds is 3. The molecule has 2 aliphatic heterocycles. The van der Waals surface area contributed by atoms with Crippen LogP contribution in [-0.4, -0.2) is 43.0 Å². The average Bonchev–Trinajstić information content (AvgIpc) is 3.40. The summed E-state index contributed by atoms with van der Waals surface area (Å²) in [6, 6.07) is 5.78. The number of hydrogen-bond acceptors (Lipinski definition) is 3. The molecule has 3 fully saturated rings. The fourth-order valence-electron chi connectivity index (χ4n) is 4.13. The van der Waals surface area contributed by atoms with E-state index in [-0.39, 0.29) is 34.9 Å². The summed E-state index contributed by atoms with van der Waals surface area (Å²) in [6.45, 7) is 2.38. The molecule has 0 aromatic heterocycles. The summed E-state index contributed by atoms with van der Waals surface area (Å²) >= 11 is 0. The molecule has 6 heteroatoms. The van der Waals surface area contributed by atoms with Gasteiger partial charge in [-0.1, -0.05) is 0 Å². The maximum absolute atomic E-state index is 13.1. The Bertz CT molecular complexity index is 666. The molecule has 4 rings (SSSR count). The number of nitrogens with zero attached hydrogens (tertiary/aromatic N) is 1. The highest BCUT2D eigenvalue weighted by atomic mass is 19.1. The van der Waals surface area contributed by atoms with Crippen molar-refractivity contribution in [2.75, 3.05) is 31.6 Å². The van der Waals surface area contributed by atoms with Gasteiger partial charge in [-0.05, 0) is 49.9 Å². The van der Waals surface area contributed by atoms with E-state index < -0.39 is 0 Å². The van der Waals surface area contributed by atoms with Crippen molar-refractivity contribution in [2.24, 2.45) is 17.3 Å². The Morgan fingerprint density at radius 2 is 1.84 bits per heavy atom. The van der Waals surface area contributed by atoms with Gasteiger partial charge in [0.1, 0.15) is 5.82 Å². The predicted octanol–water partition coefficient (Wildman–Crippen LogP) is 2.43. The van der Waals surface area contributed by atoms with Gasteiger partial charge in [-0.15, -0.1) is 0 Å². The van der Waals surface area contributed by atoms with E-state index in [1.54, 1.807) is 12.1 Å². The Morgan fingerprint density at radius 3 is 2.48 bits per heavy atom. The van der Waals surface area contributed by atoms with Crippen LogP contribution in [0, 0.1) is 23.1 Å². The smallest absolute Gasteiger partial charge is 0.229 e. The van der Waals surface area contributed by atoms with Crippen molar-refractivity contribution in [3.63, 3.8) is 0 Å². The Hall–Kier alpha value is -1.95. The highest BCUT2D eigenvalue weighted by Crippen LogP contribution is 2.46. The van der Waals surface area contributed by atoms with Crippen molar-refractivity contribution in [1.82, 2.24) is 4.90 Å². The molecule has 1 saturated carbocycles. The van der Waals surface area contributed by atoms with Crippen LogP contribution in [0.3, 0.4) is 0 Å². The highest BCUT2D eigenvalue weighted by Gasteiger charge is 2.53. The topological polar surface area (TPSA) is 58.6 Å². The van der Waals surface area contributed by atoms with Crippen LogP contribution in [0.1, 0.15) is 25.7 Å². The second kappa shape index (κ2) is 6.41. The Labute approximate surface area is 146 Å². The minimum atomic E-state index is -0.332. The molecule has 1 atom stereocenters. The molecule has 0 bridgehead atoms. The number of benzene rings is 1. The van der Waals surface area contributed by atoms with Gasteiger partial charge in [0, 0.05) is 43.3 Å². The monoisotopic (exact) mass is 346 g/mol. The largest absolute Gasteiger partial charge is 0.381 e. The molecule has 2 amide bonds. The number of amides is 2. The van der Waals surface area contributed by atoms with Crippen LogP contribution in [0.2, 0.25) is 0 Å². The molecule has 1 aromatic rings.